The molecular formula is C13H18ClNO2. The molecule has 0 aliphatic heterocycles. The van der Waals surface area contributed by atoms with Crippen LogP contribution in [0.25, 0.3) is 0 Å². The first-order chi connectivity index (χ1) is 7.99. The predicted octanol–water partition coefficient (Wildman–Crippen LogP) is 2.68. The van der Waals surface area contributed by atoms with E-state index in [2.05, 4.69) is 0 Å². The molecule has 17 heavy (non-hydrogen) atoms. The summed E-state index contributed by atoms with van der Waals surface area (Å²) in [6.45, 7) is 3.20. The lowest BCUT2D eigenvalue weighted by Gasteiger charge is -2.19. The van der Waals surface area contributed by atoms with Gasteiger partial charge in [0.2, 0.25) is 0 Å². The molecule has 94 valence electrons. The summed E-state index contributed by atoms with van der Waals surface area (Å²) in [4.78, 5) is 12.4. The van der Waals surface area contributed by atoms with Crippen LogP contribution in [0, 0.1) is 6.92 Å². The third-order valence-corrected chi connectivity index (χ3v) is 3.01. The highest BCUT2D eigenvalue weighted by Crippen LogP contribution is 2.21. The molecule has 1 aromatic rings. The second-order valence-corrected chi connectivity index (χ2v) is 4.81. The van der Waals surface area contributed by atoms with Gasteiger partial charge in [0.05, 0.1) is 11.8 Å². The number of hydrogen-bond acceptors (Lipinski definition) is 2. The SMILES string of the molecule is Cc1ccc(C(Cl)CN(C)CCC(=O)O)cc1. The molecule has 0 amide bonds. The van der Waals surface area contributed by atoms with Crippen LogP contribution in [0.2, 0.25) is 0 Å². The number of aryl methyl sites for hydroxylation is 1. The number of benzene rings is 1. The minimum atomic E-state index is -0.779. The Balaban J connectivity index is 2.45. The summed E-state index contributed by atoms with van der Waals surface area (Å²) < 4.78 is 0. The molecule has 0 aromatic heterocycles. The first-order valence-electron chi connectivity index (χ1n) is 5.60. The maximum atomic E-state index is 10.4. The highest BCUT2D eigenvalue weighted by Gasteiger charge is 2.11. The Morgan fingerprint density at radius 3 is 2.53 bits per heavy atom. The van der Waals surface area contributed by atoms with Gasteiger partial charge in [-0.2, -0.15) is 0 Å². The van der Waals surface area contributed by atoms with Crippen molar-refractivity contribution in [2.24, 2.45) is 0 Å². The van der Waals surface area contributed by atoms with E-state index in [4.69, 9.17) is 16.7 Å². The number of rotatable bonds is 6. The summed E-state index contributed by atoms with van der Waals surface area (Å²) in [7, 11) is 1.88. The zero-order valence-corrected chi connectivity index (χ0v) is 10.9. The van der Waals surface area contributed by atoms with Crippen molar-refractivity contribution < 1.29 is 9.90 Å². The lowest BCUT2D eigenvalue weighted by atomic mass is 10.1. The Labute approximate surface area is 107 Å². The summed E-state index contributed by atoms with van der Waals surface area (Å²) in [6.07, 6.45) is 0.147. The molecule has 3 nitrogen and oxygen atoms in total. The quantitative estimate of drug-likeness (QED) is 0.795. The average Bonchev–Trinajstić information content (AvgIpc) is 2.27. The highest BCUT2D eigenvalue weighted by atomic mass is 35.5. The highest BCUT2D eigenvalue weighted by molar-refractivity contribution is 6.21. The van der Waals surface area contributed by atoms with Crippen molar-refractivity contribution in [1.29, 1.82) is 0 Å². The Bertz CT molecular complexity index is 364. The van der Waals surface area contributed by atoms with Crippen LogP contribution in [0.5, 0.6) is 0 Å². The lowest BCUT2D eigenvalue weighted by Crippen LogP contribution is -2.25. The van der Waals surface area contributed by atoms with Crippen LogP contribution in [0.15, 0.2) is 24.3 Å². The van der Waals surface area contributed by atoms with E-state index in [0.29, 0.717) is 13.1 Å². The van der Waals surface area contributed by atoms with Crippen molar-refractivity contribution in [1.82, 2.24) is 4.90 Å². The van der Waals surface area contributed by atoms with Crippen LogP contribution in [0.1, 0.15) is 22.9 Å². The van der Waals surface area contributed by atoms with Crippen molar-refractivity contribution in [3.05, 3.63) is 35.4 Å². The van der Waals surface area contributed by atoms with Crippen LogP contribution < -0.4 is 0 Å². The van der Waals surface area contributed by atoms with Crippen molar-refractivity contribution in [3.63, 3.8) is 0 Å². The van der Waals surface area contributed by atoms with Crippen LogP contribution in [-0.2, 0) is 4.79 Å². The Morgan fingerprint density at radius 2 is 2.00 bits per heavy atom. The fourth-order valence-electron chi connectivity index (χ4n) is 1.53. The molecule has 4 heteroatoms. The lowest BCUT2D eigenvalue weighted by molar-refractivity contribution is -0.137. The largest absolute Gasteiger partial charge is 0.481 e. The number of nitrogens with zero attached hydrogens (tertiary/aromatic N) is 1. The van der Waals surface area contributed by atoms with Crippen molar-refractivity contribution in [2.45, 2.75) is 18.7 Å². The first kappa shape index (κ1) is 14.0. The zero-order chi connectivity index (χ0) is 12.8. The van der Waals surface area contributed by atoms with Gasteiger partial charge in [-0.1, -0.05) is 29.8 Å². The fraction of sp³-hybridized carbons (Fsp3) is 0.462. The van der Waals surface area contributed by atoms with Gasteiger partial charge in [0.1, 0.15) is 0 Å². The van der Waals surface area contributed by atoms with Gasteiger partial charge in [-0.3, -0.25) is 4.79 Å². The van der Waals surface area contributed by atoms with Gasteiger partial charge in [-0.05, 0) is 19.5 Å². The molecule has 0 bridgehead atoms. The predicted molar refractivity (Wildman–Crippen MR) is 69.5 cm³/mol. The van der Waals surface area contributed by atoms with Gasteiger partial charge in [0.15, 0.2) is 0 Å². The summed E-state index contributed by atoms with van der Waals surface area (Å²) in [5.74, 6) is -0.779. The van der Waals surface area contributed by atoms with E-state index in [1.165, 1.54) is 5.56 Å². The topological polar surface area (TPSA) is 40.5 Å². The second-order valence-electron chi connectivity index (χ2n) is 4.28. The van der Waals surface area contributed by atoms with E-state index in [0.717, 1.165) is 5.56 Å². The normalized spacial score (nSPS) is 12.7. The van der Waals surface area contributed by atoms with Crippen molar-refractivity contribution >= 4 is 17.6 Å². The number of alkyl halides is 1. The smallest absolute Gasteiger partial charge is 0.304 e. The van der Waals surface area contributed by atoms with Crippen LogP contribution >= 0.6 is 11.6 Å². The van der Waals surface area contributed by atoms with E-state index in [1.54, 1.807) is 0 Å². The van der Waals surface area contributed by atoms with E-state index in [9.17, 15) is 4.79 Å². The number of hydrogen-bond donors (Lipinski definition) is 1. The Kier molecular flexibility index (Phi) is 5.45. The molecule has 1 N–H and O–H groups in total. The summed E-state index contributed by atoms with van der Waals surface area (Å²) in [5.41, 5.74) is 2.27. The van der Waals surface area contributed by atoms with Crippen LogP contribution in [-0.4, -0.2) is 36.1 Å². The second kappa shape index (κ2) is 6.62. The van der Waals surface area contributed by atoms with Crippen LogP contribution in [0.3, 0.4) is 0 Å². The van der Waals surface area contributed by atoms with Gasteiger partial charge >= 0.3 is 5.97 Å². The number of halogens is 1. The minimum Gasteiger partial charge on any atom is -0.481 e. The molecule has 1 rings (SSSR count). The maximum Gasteiger partial charge on any atom is 0.304 e. The molecule has 0 heterocycles. The Morgan fingerprint density at radius 1 is 1.41 bits per heavy atom. The summed E-state index contributed by atoms with van der Waals surface area (Å²) in [5, 5.41) is 8.48. The number of carboxylic acids is 1. The number of aliphatic carboxylic acids is 1. The third kappa shape index (κ3) is 5.20. The van der Waals surface area contributed by atoms with E-state index in [-0.39, 0.29) is 11.8 Å². The van der Waals surface area contributed by atoms with Gasteiger partial charge < -0.3 is 10.0 Å². The molecular weight excluding hydrogens is 238 g/mol. The molecule has 0 radical (unpaired) electrons. The standard InChI is InChI=1S/C13H18ClNO2/c1-10-3-5-11(6-4-10)12(14)9-15(2)8-7-13(16)17/h3-6,12H,7-9H2,1-2H3,(H,16,17). The van der Waals surface area contributed by atoms with E-state index in [1.807, 2.05) is 43.1 Å². The van der Waals surface area contributed by atoms with Gasteiger partial charge in [-0.25, -0.2) is 0 Å². The molecule has 1 unspecified atom stereocenters. The summed E-state index contributed by atoms with van der Waals surface area (Å²) in [6, 6.07) is 8.08. The molecule has 1 aromatic carbocycles. The molecule has 0 aliphatic carbocycles. The third-order valence-electron chi connectivity index (χ3n) is 2.62. The zero-order valence-electron chi connectivity index (χ0n) is 10.2. The number of likely N-dealkylation sites (N-methyl/N-ethyl adjacent to an activating group) is 1. The number of carbonyl (C=O) groups is 1. The molecule has 0 saturated heterocycles. The minimum absolute atomic E-state index is 0.102. The first-order valence-corrected chi connectivity index (χ1v) is 6.03. The molecule has 0 fully saturated rings. The number of carboxylic acid groups (broad SMARTS) is 1. The molecule has 0 aliphatic rings. The van der Waals surface area contributed by atoms with Gasteiger partial charge in [0, 0.05) is 13.1 Å². The summed E-state index contributed by atoms with van der Waals surface area (Å²) >= 11 is 6.28. The monoisotopic (exact) mass is 255 g/mol. The van der Waals surface area contributed by atoms with E-state index < -0.39 is 5.97 Å². The average molecular weight is 256 g/mol. The van der Waals surface area contributed by atoms with E-state index >= 15 is 0 Å². The molecule has 0 saturated carbocycles. The van der Waals surface area contributed by atoms with Gasteiger partial charge in [-0.15, -0.1) is 11.6 Å². The Hall–Kier alpha value is -1.06. The molecule has 0 spiro atoms. The van der Waals surface area contributed by atoms with Crippen molar-refractivity contribution in [2.75, 3.05) is 20.1 Å². The molecule has 1 atom stereocenters. The van der Waals surface area contributed by atoms with Crippen molar-refractivity contribution in [3.8, 4) is 0 Å². The fourth-order valence-corrected chi connectivity index (χ4v) is 1.91. The van der Waals surface area contributed by atoms with Crippen LogP contribution in [0.4, 0.5) is 0 Å². The van der Waals surface area contributed by atoms with Gasteiger partial charge in [0.25, 0.3) is 0 Å². The maximum absolute atomic E-state index is 10.4.